The first-order valence-electron chi connectivity index (χ1n) is 6.32. The van der Waals surface area contributed by atoms with Gasteiger partial charge in [-0.15, -0.1) is 0 Å². The number of anilines is 2. The van der Waals surface area contributed by atoms with Crippen LogP contribution in [0.4, 0.5) is 11.8 Å². The number of nitrogens with one attached hydrogen (secondary N) is 1. The number of hydrogen-bond donors (Lipinski definition) is 1. The Morgan fingerprint density at radius 1 is 0.842 bits per heavy atom. The summed E-state index contributed by atoms with van der Waals surface area (Å²) in [5.74, 6) is 1.30. The summed E-state index contributed by atoms with van der Waals surface area (Å²) in [5, 5.41) is 4.18. The van der Waals surface area contributed by atoms with Crippen molar-refractivity contribution in [2.45, 2.75) is 13.8 Å². The van der Waals surface area contributed by atoms with E-state index in [1.807, 2.05) is 50.2 Å². The highest BCUT2D eigenvalue weighted by Crippen LogP contribution is 2.16. The molecule has 0 aliphatic rings. The summed E-state index contributed by atoms with van der Waals surface area (Å²) in [5.41, 5.74) is 0.952. The van der Waals surface area contributed by atoms with Gasteiger partial charge in [-0.05, 0) is 24.3 Å². The minimum atomic E-state index is 0.551. The molecule has 2 aromatic heterocycles. The molecule has 0 aliphatic carbocycles. The summed E-state index contributed by atoms with van der Waals surface area (Å²) < 4.78 is 0. The first-order chi connectivity index (χ1) is 9.42. The van der Waals surface area contributed by atoms with Crippen molar-refractivity contribution >= 4 is 22.7 Å². The zero-order valence-electron chi connectivity index (χ0n) is 11.0. The van der Waals surface area contributed by atoms with E-state index in [1.165, 1.54) is 0 Å². The topological polar surface area (TPSA) is 50.7 Å². The Balaban J connectivity index is 0.000000637. The van der Waals surface area contributed by atoms with Gasteiger partial charge in [-0.2, -0.15) is 0 Å². The molecule has 0 bridgehead atoms. The molecule has 0 unspecified atom stereocenters. The second kappa shape index (κ2) is 6.44. The van der Waals surface area contributed by atoms with Crippen molar-refractivity contribution in [1.29, 1.82) is 0 Å². The molecule has 3 rings (SSSR count). The van der Waals surface area contributed by atoms with E-state index in [2.05, 4.69) is 20.3 Å². The van der Waals surface area contributed by atoms with Crippen LogP contribution in [0.2, 0.25) is 0 Å². The summed E-state index contributed by atoms with van der Waals surface area (Å²) in [7, 11) is 0. The zero-order valence-corrected chi connectivity index (χ0v) is 11.0. The lowest BCUT2D eigenvalue weighted by Crippen LogP contribution is -1.97. The summed E-state index contributed by atoms with van der Waals surface area (Å²) in [6.07, 6.45) is 3.38. The minimum absolute atomic E-state index is 0.551. The molecule has 0 atom stereocenters. The average Bonchev–Trinajstić information content (AvgIpc) is 2.50. The zero-order chi connectivity index (χ0) is 13.5. The van der Waals surface area contributed by atoms with Crippen molar-refractivity contribution in [3.05, 3.63) is 54.9 Å². The third kappa shape index (κ3) is 3.25. The molecule has 3 aromatic rings. The van der Waals surface area contributed by atoms with Crippen LogP contribution in [0.1, 0.15) is 13.8 Å². The predicted molar refractivity (Wildman–Crippen MR) is 78.4 cm³/mol. The summed E-state index contributed by atoms with van der Waals surface area (Å²) in [4.78, 5) is 12.7. The third-order valence-corrected chi connectivity index (χ3v) is 2.40. The SMILES string of the molecule is CC.c1cnc(Nc2ccc3ccccc3n2)nc1. The highest BCUT2D eigenvalue weighted by atomic mass is 15.1. The number of pyridine rings is 1. The van der Waals surface area contributed by atoms with Crippen LogP contribution in [0.3, 0.4) is 0 Å². The molecule has 0 spiro atoms. The van der Waals surface area contributed by atoms with Gasteiger partial charge in [-0.1, -0.05) is 32.0 Å². The predicted octanol–water partition coefficient (Wildman–Crippen LogP) is 3.79. The first-order valence-corrected chi connectivity index (χ1v) is 6.32. The lowest BCUT2D eigenvalue weighted by molar-refractivity contribution is 1.15. The van der Waals surface area contributed by atoms with Gasteiger partial charge in [0.2, 0.25) is 5.95 Å². The fraction of sp³-hybridized carbons (Fsp3) is 0.133. The fourth-order valence-corrected chi connectivity index (χ4v) is 1.61. The molecule has 96 valence electrons. The van der Waals surface area contributed by atoms with E-state index in [-0.39, 0.29) is 0 Å². The maximum atomic E-state index is 4.48. The van der Waals surface area contributed by atoms with Gasteiger partial charge >= 0.3 is 0 Å². The summed E-state index contributed by atoms with van der Waals surface area (Å²) in [6, 6.07) is 13.7. The number of fused-ring (bicyclic) bond motifs is 1. The molecule has 4 nitrogen and oxygen atoms in total. The number of nitrogens with zero attached hydrogens (tertiary/aromatic N) is 3. The Bertz CT molecular complexity index is 638. The second-order valence-corrected chi connectivity index (χ2v) is 3.59. The molecule has 0 radical (unpaired) electrons. The van der Waals surface area contributed by atoms with Crippen molar-refractivity contribution < 1.29 is 0 Å². The normalized spacial score (nSPS) is 9.58. The van der Waals surface area contributed by atoms with Crippen LogP contribution in [0.15, 0.2) is 54.9 Å². The smallest absolute Gasteiger partial charge is 0.228 e. The van der Waals surface area contributed by atoms with E-state index in [4.69, 9.17) is 0 Å². The molecule has 1 aromatic carbocycles. The number of para-hydroxylation sites is 1. The lowest BCUT2D eigenvalue weighted by atomic mass is 10.2. The van der Waals surface area contributed by atoms with Crippen LogP contribution >= 0.6 is 0 Å². The molecule has 2 heterocycles. The van der Waals surface area contributed by atoms with E-state index >= 15 is 0 Å². The molecule has 19 heavy (non-hydrogen) atoms. The highest BCUT2D eigenvalue weighted by Gasteiger charge is 1.99. The number of hydrogen-bond acceptors (Lipinski definition) is 4. The van der Waals surface area contributed by atoms with Gasteiger partial charge in [-0.3, -0.25) is 0 Å². The van der Waals surface area contributed by atoms with Crippen molar-refractivity contribution in [3.63, 3.8) is 0 Å². The Morgan fingerprint density at radius 3 is 2.37 bits per heavy atom. The van der Waals surface area contributed by atoms with Gasteiger partial charge in [0, 0.05) is 17.8 Å². The third-order valence-electron chi connectivity index (χ3n) is 2.40. The van der Waals surface area contributed by atoms with Gasteiger partial charge < -0.3 is 5.32 Å². The first kappa shape index (κ1) is 13.0. The molecular formula is C15H16N4. The molecule has 0 fully saturated rings. The Hall–Kier alpha value is -2.49. The van der Waals surface area contributed by atoms with Crippen LogP contribution in [0, 0.1) is 0 Å². The van der Waals surface area contributed by atoms with E-state index in [1.54, 1.807) is 18.5 Å². The van der Waals surface area contributed by atoms with Crippen LogP contribution in [-0.2, 0) is 0 Å². The molecule has 0 saturated carbocycles. The van der Waals surface area contributed by atoms with Gasteiger partial charge in [0.25, 0.3) is 0 Å². The molecule has 4 heteroatoms. The summed E-state index contributed by atoms with van der Waals surface area (Å²) >= 11 is 0. The number of rotatable bonds is 2. The molecule has 1 N–H and O–H groups in total. The number of aromatic nitrogens is 3. The van der Waals surface area contributed by atoms with Crippen LogP contribution < -0.4 is 5.32 Å². The van der Waals surface area contributed by atoms with Crippen molar-refractivity contribution in [1.82, 2.24) is 15.0 Å². The van der Waals surface area contributed by atoms with E-state index in [9.17, 15) is 0 Å². The molecule has 0 saturated heterocycles. The maximum Gasteiger partial charge on any atom is 0.228 e. The van der Waals surface area contributed by atoms with E-state index in [0.717, 1.165) is 16.7 Å². The van der Waals surface area contributed by atoms with Gasteiger partial charge in [0.15, 0.2) is 0 Å². The summed E-state index contributed by atoms with van der Waals surface area (Å²) in [6.45, 7) is 4.00. The fourth-order valence-electron chi connectivity index (χ4n) is 1.61. The standard InChI is InChI=1S/C13H10N4.C2H6/c1-2-5-11-10(4-1)6-7-12(16-11)17-13-14-8-3-9-15-13;1-2/h1-9H,(H,14,15,16,17);1-2H3. The highest BCUT2D eigenvalue weighted by molar-refractivity contribution is 5.80. The van der Waals surface area contributed by atoms with Gasteiger partial charge in [0.1, 0.15) is 5.82 Å². The Morgan fingerprint density at radius 2 is 1.58 bits per heavy atom. The molecule has 0 aliphatic heterocycles. The quantitative estimate of drug-likeness (QED) is 0.753. The molecular weight excluding hydrogens is 236 g/mol. The van der Waals surface area contributed by atoms with Crippen LogP contribution in [0.25, 0.3) is 10.9 Å². The van der Waals surface area contributed by atoms with Crippen molar-refractivity contribution in [2.75, 3.05) is 5.32 Å². The average molecular weight is 252 g/mol. The van der Waals surface area contributed by atoms with E-state index in [0.29, 0.717) is 5.95 Å². The largest absolute Gasteiger partial charge is 0.309 e. The van der Waals surface area contributed by atoms with Gasteiger partial charge in [-0.25, -0.2) is 15.0 Å². The number of benzene rings is 1. The van der Waals surface area contributed by atoms with Gasteiger partial charge in [0.05, 0.1) is 5.52 Å². The second-order valence-electron chi connectivity index (χ2n) is 3.59. The van der Waals surface area contributed by atoms with E-state index < -0.39 is 0 Å². The molecule has 0 amide bonds. The van der Waals surface area contributed by atoms with Crippen molar-refractivity contribution in [2.24, 2.45) is 0 Å². The Labute approximate surface area is 112 Å². The van der Waals surface area contributed by atoms with Crippen molar-refractivity contribution in [3.8, 4) is 0 Å². The minimum Gasteiger partial charge on any atom is -0.309 e. The van der Waals surface area contributed by atoms with Crippen LogP contribution in [0.5, 0.6) is 0 Å². The maximum absolute atomic E-state index is 4.48. The lowest BCUT2D eigenvalue weighted by Gasteiger charge is -2.04. The monoisotopic (exact) mass is 252 g/mol. The van der Waals surface area contributed by atoms with Crippen LogP contribution in [-0.4, -0.2) is 15.0 Å². The Kier molecular flexibility index (Phi) is 4.39.